The molecular formula is C20H24N4O4S. The molecule has 0 unspecified atom stereocenters. The first-order valence-electron chi connectivity index (χ1n) is 9.41. The van der Waals surface area contributed by atoms with E-state index in [-0.39, 0.29) is 12.6 Å². The molecule has 9 heteroatoms. The van der Waals surface area contributed by atoms with E-state index in [1.165, 1.54) is 0 Å². The third kappa shape index (κ3) is 6.58. The molecule has 3 aromatic rings. The number of nitrogens with zero attached hydrogens (tertiary/aromatic N) is 1. The molecule has 1 heterocycles. The molecule has 29 heavy (non-hydrogen) atoms. The molecule has 1 aromatic heterocycles. The summed E-state index contributed by atoms with van der Waals surface area (Å²) < 4.78 is 28.9. The number of imidazole rings is 1. The standard InChI is InChI=1S/C20H24N4O4S/c25-20(28-14-15-8-2-1-3-9-15)24-18(12-6-7-13-21-29(26)27)19-22-16-10-4-5-11-17(16)23-19/h1-5,8-11,18,29H,6-7,12-14H2,(H,22,23)(H,24,25)(H,21,26,27)/t18-/m0/s1. The second kappa shape index (κ2) is 10.6. The van der Waals surface area contributed by atoms with Gasteiger partial charge in [0.2, 0.25) is 10.9 Å². The van der Waals surface area contributed by atoms with Gasteiger partial charge < -0.3 is 15.0 Å². The summed E-state index contributed by atoms with van der Waals surface area (Å²) in [7, 11) is -2.59. The topological polar surface area (TPSA) is 113 Å². The van der Waals surface area contributed by atoms with Gasteiger partial charge in [0.05, 0.1) is 17.1 Å². The molecule has 8 nitrogen and oxygen atoms in total. The number of benzene rings is 2. The van der Waals surface area contributed by atoms with E-state index in [0.29, 0.717) is 31.6 Å². The number of aromatic amines is 1. The summed E-state index contributed by atoms with van der Waals surface area (Å²) in [6.07, 6.45) is 1.43. The van der Waals surface area contributed by atoms with E-state index in [4.69, 9.17) is 4.74 Å². The van der Waals surface area contributed by atoms with Crippen molar-refractivity contribution >= 4 is 28.0 Å². The Morgan fingerprint density at radius 1 is 1.07 bits per heavy atom. The molecule has 1 atom stereocenters. The SMILES string of the molecule is O=C(N[C@@H](CCCCN[SH](=O)=O)c1nc2ccccc2[nH]1)OCc1ccccc1. The molecule has 0 aliphatic rings. The van der Waals surface area contributed by atoms with Gasteiger partial charge in [0.15, 0.2) is 0 Å². The predicted molar refractivity (Wildman–Crippen MR) is 111 cm³/mol. The Labute approximate surface area is 170 Å². The van der Waals surface area contributed by atoms with Crippen molar-refractivity contribution in [1.29, 1.82) is 0 Å². The maximum absolute atomic E-state index is 12.3. The maximum Gasteiger partial charge on any atom is 0.408 e. The van der Waals surface area contributed by atoms with Gasteiger partial charge in [-0.25, -0.2) is 22.9 Å². The van der Waals surface area contributed by atoms with Crippen molar-refractivity contribution in [2.24, 2.45) is 0 Å². The molecule has 0 radical (unpaired) electrons. The highest BCUT2D eigenvalue weighted by molar-refractivity contribution is 7.70. The third-order valence-corrected chi connectivity index (χ3v) is 4.88. The molecule has 154 valence electrons. The summed E-state index contributed by atoms with van der Waals surface area (Å²) in [5.41, 5.74) is 2.61. The van der Waals surface area contributed by atoms with Crippen molar-refractivity contribution < 1.29 is 17.9 Å². The van der Waals surface area contributed by atoms with E-state index in [1.807, 2.05) is 54.6 Å². The lowest BCUT2D eigenvalue weighted by molar-refractivity contribution is 0.134. The highest BCUT2D eigenvalue weighted by atomic mass is 32.2. The largest absolute Gasteiger partial charge is 0.445 e. The maximum atomic E-state index is 12.3. The number of nitrogens with one attached hydrogen (secondary N) is 3. The number of alkyl carbamates (subject to hydrolysis) is 1. The average Bonchev–Trinajstić information content (AvgIpc) is 3.16. The van der Waals surface area contributed by atoms with Gasteiger partial charge in [0.1, 0.15) is 12.4 Å². The molecule has 1 amide bonds. The van der Waals surface area contributed by atoms with E-state index in [9.17, 15) is 13.2 Å². The number of para-hydroxylation sites is 2. The van der Waals surface area contributed by atoms with Crippen LogP contribution in [0.1, 0.15) is 36.7 Å². The number of hydrogen-bond donors (Lipinski definition) is 4. The fourth-order valence-corrected chi connectivity index (χ4v) is 3.31. The third-order valence-electron chi connectivity index (χ3n) is 4.40. The van der Waals surface area contributed by atoms with Crippen LogP contribution in [0.5, 0.6) is 0 Å². The molecule has 0 saturated heterocycles. The highest BCUT2D eigenvalue weighted by Gasteiger charge is 2.19. The van der Waals surface area contributed by atoms with Gasteiger partial charge in [0, 0.05) is 6.54 Å². The van der Waals surface area contributed by atoms with Crippen LogP contribution in [-0.4, -0.2) is 31.0 Å². The number of H-pyrrole nitrogens is 1. The summed E-state index contributed by atoms with van der Waals surface area (Å²) in [5.74, 6) is 0.644. The number of hydrogen-bond acceptors (Lipinski definition) is 5. The minimum Gasteiger partial charge on any atom is -0.445 e. The number of carbonyl (C=O) groups excluding carboxylic acids is 1. The van der Waals surface area contributed by atoms with Gasteiger partial charge in [-0.05, 0) is 37.0 Å². The van der Waals surface area contributed by atoms with E-state index in [0.717, 1.165) is 16.6 Å². The highest BCUT2D eigenvalue weighted by Crippen LogP contribution is 2.20. The molecule has 0 spiro atoms. The number of thiol groups is 1. The van der Waals surface area contributed by atoms with Crippen LogP contribution in [0.3, 0.4) is 0 Å². The molecule has 0 bridgehead atoms. The normalized spacial score (nSPS) is 12.2. The first-order chi connectivity index (χ1) is 14.1. The number of amides is 1. The Morgan fingerprint density at radius 2 is 1.83 bits per heavy atom. The Morgan fingerprint density at radius 3 is 2.59 bits per heavy atom. The van der Waals surface area contributed by atoms with Gasteiger partial charge >= 0.3 is 6.09 Å². The van der Waals surface area contributed by atoms with Crippen LogP contribution in [0, 0.1) is 0 Å². The number of aromatic nitrogens is 2. The lowest BCUT2D eigenvalue weighted by Crippen LogP contribution is -2.30. The van der Waals surface area contributed by atoms with E-state index < -0.39 is 17.0 Å². The van der Waals surface area contributed by atoms with Crippen molar-refractivity contribution in [2.45, 2.75) is 31.9 Å². The lowest BCUT2D eigenvalue weighted by Gasteiger charge is -2.16. The van der Waals surface area contributed by atoms with E-state index in [2.05, 4.69) is 20.0 Å². The van der Waals surface area contributed by atoms with E-state index >= 15 is 0 Å². The molecular weight excluding hydrogens is 392 g/mol. The van der Waals surface area contributed by atoms with Crippen LogP contribution in [-0.2, 0) is 22.2 Å². The fourth-order valence-electron chi connectivity index (χ4n) is 2.97. The number of carbonyl (C=O) groups is 1. The van der Waals surface area contributed by atoms with Crippen LogP contribution in [0.2, 0.25) is 0 Å². The first kappa shape index (κ1) is 20.8. The minimum absolute atomic E-state index is 0.181. The summed E-state index contributed by atoms with van der Waals surface area (Å²) >= 11 is 0. The second-order valence-electron chi connectivity index (χ2n) is 6.56. The molecule has 3 rings (SSSR count). The summed E-state index contributed by atoms with van der Waals surface area (Å²) in [6.45, 7) is 0.546. The first-order valence-corrected chi connectivity index (χ1v) is 10.6. The van der Waals surface area contributed by atoms with Gasteiger partial charge in [-0.2, -0.15) is 0 Å². The molecule has 0 saturated carbocycles. The quantitative estimate of drug-likeness (QED) is 0.300. The van der Waals surface area contributed by atoms with Crippen LogP contribution in [0.15, 0.2) is 54.6 Å². The minimum atomic E-state index is -2.59. The smallest absolute Gasteiger partial charge is 0.408 e. The molecule has 0 aliphatic heterocycles. The Kier molecular flexibility index (Phi) is 7.60. The molecule has 0 fully saturated rings. The van der Waals surface area contributed by atoms with Crippen LogP contribution in [0.4, 0.5) is 4.79 Å². The zero-order valence-electron chi connectivity index (χ0n) is 15.8. The number of unbranched alkanes of at least 4 members (excludes halogenated alkanes) is 1. The van der Waals surface area contributed by atoms with Gasteiger partial charge in [-0.1, -0.05) is 42.5 Å². The average molecular weight is 417 g/mol. The molecule has 2 aromatic carbocycles. The Hall–Kier alpha value is -2.91. The van der Waals surface area contributed by atoms with Gasteiger partial charge in [-0.15, -0.1) is 0 Å². The lowest BCUT2D eigenvalue weighted by atomic mass is 10.1. The number of fused-ring (bicyclic) bond motifs is 1. The summed E-state index contributed by atoms with van der Waals surface area (Å²) in [5, 5.41) is 2.87. The van der Waals surface area contributed by atoms with Crippen molar-refractivity contribution in [1.82, 2.24) is 20.0 Å². The van der Waals surface area contributed by atoms with Gasteiger partial charge in [-0.3, -0.25) is 0 Å². The number of rotatable bonds is 10. The fraction of sp³-hybridized carbons (Fsp3) is 0.300. The monoisotopic (exact) mass is 416 g/mol. The Balaban J connectivity index is 1.62. The van der Waals surface area contributed by atoms with Crippen molar-refractivity contribution in [2.75, 3.05) is 6.54 Å². The van der Waals surface area contributed by atoms with Crippen LogP contribution < -0.4 is 10.0 Å². The number of ether oxygens (including phenoxy) is 1. The van der Waals surface area contributed by atoms with Crippen molar-refractivity contribution in [3.8, 4) is 0 Å². The van der Waals surface area contributed by atoms with Crippen molar-refractivity contribution in [3.05, 3.63) is 66.0 Å². The zero-order valence-corrected chi connectivity index (χ0v) is 16.7. The Bertz CT molecular complexity index is 963. The van der Waals surface area contributed by atoms with Crippen LogP contribution >= 0.6 is 0 Å². The summed E-state index contributed by atoms with van der Waals surface area (Å²) in [6, 6.07) is 16.7. The second-order valence-corrected chi connectivity index (χ2v) is 7.39. The van der Waals surface area contributed by atoms with Crippen LogP contribution in [0.25, 0.3) is 11.0 Å². The summed E-state index contributed by atoms with van der Waals surface area (Å²) in [4.78, 5) is 20.1. The predicted octanol–water partition coefficient (Wildman–Crippen LogP) is 2.82. The molecule has 0 aliphatic carbocycles. The van der Waals surface area contributed by atoms with Crippen molar-refractivity contribution in [3.63, 3.8) is 0 Å². The molecule has 3 N–H and O–H groups in total. The van der Waals surface area contributed by atoms with E-state index in [1.54, 1.807) is 0 Å². The van der Waals surface area contributed by atoms with Gasteiger partial charge in [0.25, 0.3) is 0 Å². The zero-order chi connectivity index (χ0) is 20.5.